The largest absolute Gasteiger partial charge is 0.315 e. The fourth-order valence-electron chi connectivity index (χ4n) is 1.23. The Bertz CT molecular complexity index is 117. The molecule has 0 saturated heterocycles. The van der Waals surface area contributed by atoms with Gasteiger partial charge in [-0.1, -0.05) is 13.8 Å². The van der Waals surface area contributed by atoms with Crippen LogP contribution >= 0.6 is 23.4 Å². The molecule has 0 saturated carbocycles. The van der Waals surface area contributed by atoms with Gasteiger partial charge in [0.25, 0.3) is 0 Å². The lowest BCUT2D eigenvalue weighted by Crippen LogP contribution is -2.30. The number of alkyl halides is 1. The minimum absolute atomic E-state index is 0.396. The van der Waals surface area contributed by atoms with Crippen LogP contribution in [0.25, 0.3) is 0 Å². The van der Waals surface area contributed by atoms with Crippen LogP contribution in [0.3, 0.4) is 0 Å². The summed E-state index contributed by atoms with van der Waals surface area (Å²) in [7, 11) is 0. The van der Waals surface area contributed by atoms with Gasteiger partial charge in [-0.05, 0) is 24.5 Å². The van der Waals surface area contributed by atoms with E-state index in [1.54, 1.807) is 0 Å². The van der Waals surface area contributed by atoms with Crippen molar-refractivity contribution in [1.82, 2.24) is 5.32 Å². The van der Waals surface area contributed by atoms with Crippen LogP contribution in [0.15, 0.2) is 0 Å². The molecule has 1 N–H and O–H groups in total. The van der Waals surface area contributed by atoms with E-state index in [0.29, 0.717) is 5.41 Å². The summed E-state index contributed by atoms with van der Waals surface area (Å²) in [4.78, 5) is 0. The predicted octanol–water partition coefficient (Wildman–Crippen LogP) is 2.98. The second-order valence-electron chi connectivity index (χ2n) is 4.13. The number of thioether (sulfide) groups is 1. The highest BCUT2D eigenvalue weighted by Crippen LogP contribution is 2.21. The maximum atomic E-state index is 5.67. The first-order chi connectivity index (χ1) is 6.12. The summed E-state index contributed by atoms with van der Waals surface area (Å²) in [6, 6.07) is 0. The average molecular weight is 224 g/mol. The lowest BCUT2D eigenvalue weighted by molar-refractivity contribution is 0.315. The van der Waals surface area contributed by atoms with Crippen molar-refractivity contribution in [2.75, 3.05) is 31.0 Å². The third kappa shape index (κ3) is 8.92. The van der Waals surface area contributed by atoms with Crippen molar-refractivity contribution in [2.45, 2.75) is 26.7 Å². The molecule has 1 nitrogen and oxygen atoms in total. The highest BCUT2D eigenvalue weighted by molar-refractivity contribution is 7.98. The molecule has 0 aromatic carbocycles. The summed E-state index contributed by atoms with van der Waals surface area (Å²) < 4.78 is 0. The van der Waals surface area contributed by atoms with Crippen LogP contribution in [-0.4, -0.2) is 31.0 Å². The summed E-state index contributed by atoms with van der Waals surface area (Å²) in [5.41, 5.74) is 0.396. The summed E-state index contributed by atoms with van der Waals surface area (Å²) in [6.07, 6.45) is 4.47. The Kier molecular flexibility index (Phi) is 8.32. The zero-order valence-electron chi connectivity index (χ0n) is 9.03. The van der Waals surface area contributed by atoms with Gasteiger partial charge in [0.2, 0.25) is 0 Å². The van der Waals surface area contributed by atoms with Crippen molar-refractivity contribution in [1.29, 1.82) is 0 Å². The maximum Gasteiger partial charge on any atom is 0.0223 e. The van der Waals surface area contributed by atoms with Crippen molar-refractivity contribution in [3.63, 3.8) is 0 Å². The molecular weight excluding hydrogens is 202 g/mol. The number of nitrogens with one attached hydrogen (secondary N) is 1. The van der Waals surface area contributed by atoms with Crippen LogP contribution in [0.1, 0.15) is 26.7 Å². The lowest BCUT2D eigenvalue weighted by Gasteiger charge is -2.24. The van der Waals surface area contributed by atoms with Gasteiger partial charge in [-0.15, -0.1) is 11.6 Å². The normalized spacial score (nSPS) is 12.0. The van der Waals surface area contributed by atoms with E-state index in [1.807, 2.05) is 11.8 Å². The summed E-state index contributed by atoms with van der Waals surface area (Å²) in [6.45, 7) is 6.81. The first-order valence-corrected chi connectivity index (χ1v) is 6.81. The molecule has 0 fully saturated rings. The number of halogens is 1. The van der Waals surface area contributed by atoms with Gasteiger partial charge in [0.05, 0.1) is 0 Å². The predicted molar refractivity (Wildman–Crippen MR) is 65.0 cm³/mol. The Morgan fingerprint density at radius 1 is 1.38 bits per heavy atom. The van der Waals surface area contributed by atoms with Crippen molar-refractivity contribution in [3.05, 3.63) is 0 Å². The first-order valence-electron chi connectivity index (χ1n) is 4.88. The average Bonchev–Trinajstić information content (AvgIpc) is 2.09. The SMILES string of the molecule is CSCCNCC(C)(C)CCCCl. The molecule has 80 valence electrons. The molecule has 0 radical (unpaired) electrons. The van der Waals surface area contributed by atoms with Crippen molar-refractivity contribution in [2.24, 2.45) is 5.41 Å². The van der Waals surface area contributed by atoms with Gasteiger partial charge in [-0.25, -0.2) is 0 Å². The Balaban J connectivity index is 3.39. The van der Waals surface area contributed by atoms with Gasteiger partial charge < -0.3 is 5.32 Å². The van der Waals surface area contributed by atoms with Crippen LogP contribution in [0.5, 0.6) is 0 Å². The molecule has 0 aliphatic rings. The lowest BCUT2D eigenvalue weighted by atomic mass is 9.88. The molecule has 13 heavy (non-hydrogen) atoms. The topological polar surface area (TPSA) is 12.0 Å². The molecule has 0 amide bonds. The minimum atomic E-state index is 0.396. The summed E-state index contributed by atoms with van der Waals surface area (Å²) in [5, 5.41) is 3.47. The van der Waals surface area contributed by atoms with E-state index in [9.17, 15) is 0 Å². The molecule has 0 aromatic heterocycles. The molecule has 0 aromatic rings. The van der Waals surface area contributed by atoms with Gasteiger partial charge in [0.15, 0.2) is 0 Å². The molecule has 0 heterocycles. The fraction of sp³-hybridized carbons (Fsp3) is 1.00. The second-order valence-corrected chi connectivity index (χ2v) is 5.49. The first kappa shape index (κ1) is 13.6. The highest BCUT2D eigenvalue weighted by Gasteiger charge is 2.15. The van der Waals surface area contributed by atoms with Gasteiger partial charge in [-0.3, -0.25) is 0 Å². The van der Waals surface area contributed by atoms with Crippen LogP contribution in [0.4, 0.5) is 0 Å². The molecule has 0 atom stereocenters. The molecule has 0 bridgehead atoms. The molecular formula is C10H22ClNS. The zero-order chi connectivity index (χ0) is 10.2. The molecule has 0 rings (SSSR count). The van der Waals surface area contributed by atoms with E-state index in [2.05, 4.69) is 25.4 Å². The van der Waals surface area contributed by atoms with Crippen LogP contribution in [0.2, 0.25) is 0 Å². The second kappa shape index (κ2) is 7.95. The van der Waals surface area contributed by atoms with Crippen molar-refractivity contribution < 1.29 is 0 Å². The van der Waals surface area contributed by atoms with E-state index in [4.69, 9.17) is 11.6 Å². The molecule has 0 aliphatic heterocycles. The van der Waals surface area contributed by atoms with E-state index in [0.717, 1.165) is 25.4 Å². The fourth-order valence-corrected chi connectivity index (χ4v) is 1.72. The van der Waals surface area contributed by atoms with Crippen LogP contribution < -0.4 is 5.32 Å². The standard InChI is InChI=1S/C10H22ClNS/c1-10(2,5-4-6-11)9-12-7-8-13-3/h12H,4-9H2,1-3H3. The Morgan fingerprint density at radius 2 is 2.08 bits per heavy atom. The van der Waals surface area contributed by atoms with Gasteiger partial charge in [0, 0.05) is 24.7 Å². The van der Waals surface area contributed by atoms with Crippen molar-refractivity contribution in [3.8, 4) is 0 Å². The van der Waals surface area contributed by atoms with Crippen molar-refractivity contribution >= 4 is 23.4 Å². The van der Waals surface area contributed by atoms with E-state index in [1.165, 1.54) is 12.2 Å². The molecule has 0 spiro atoms. The maximum absolute atomic E-state index is 5.67. The molecule has 0 unspecified atom stereocenters. The molecule has 3 heteroatoms. The number of hydrogen-bond acceptors (Lipinski definition) is 2. The minimum Gasteiger partial charge on any atom is -0.315 e. The van der Waals surface area contributed by atoms with Crippen LogP contribution in [-0.2, 0) is 0 Å². The monoisotopic (exact) mass is 223 g/mol. The Hall–Kier alpha value is 0.600. The Labute approximate surface area is 92.0 Å². The van der Waals surface area contributed by atoms with E-state index in [-0.39, 0.29) is 0 Å². The molecule has 0 aliphatic carbocycles. The van der Waals surface area contributed by atoms with E-state index >= 15 is 0 Å². The van der Waals surface area contributed by atoms with Gasteiger partial charge in [-0.2, -0.15) is 11.8 Å². The van der Waals surface area contributed by atoms with E-state index < -0.39 is 0 Å². The Morgan fingerprint density at radius 3 is 2.62 bits per heavy atom. The third-order valence-electron chi connectivity index (χ3n) is 2.07. The number of hydrogen-bond donors (Lipinski definition) is 1. The summed E-state index contributed by atoms with van der Waals surface area (Å²) >= 11 is 7.55. The zero-order valence-corrected chi connectivity index (χ0v) is 10.6. The smallest absolute Gasteiger partial charge is 0.0223 e. The quantitative estimate of drug-likeness (QED) is 0.502. The number of rotatable bonds is 8. The third-order valence-corrected chi connectivity index (χ3v) is 2.95. The highest BCUT2D eigenvalue weighted by atomic mass is 35.5. The van der Waals surface area contributed by atoms with Gasteiger partial charge >= 0.3 is 0 Å². The van der Waals surface area contributed by atoms with Crippen LogP contribution in [0, 0.1) is 5.41 Å². The van der Waals surface area contributed by atoms with Gasteiger partial charge in [0.1, 0.15) is 0 Å². The summed E-state index contributed by atoms with van der Waals surface area (Å²) in [5.74, 6) is 1.99.